The number of carbonyl (C=O) groups is 2. The number of methoxy groups -OCH3 is 1. The molecular formula is C26H21N3O6S2. The second-order valence-corrected chi connectivity index (χ2v) is 9.58. The van der Waals surface area contributed by atoms with E-state index in [9.17, 15) is 19.7 Å². The Morgan fingerprint density at radius 1 is 1.14 bits per heavy atom. The van der Waals surface area contributed by atoms with Gasteiger partial charge in [-0.3, -0.25) is 24.6 Å². The van der Waals surface area contributed by atoms with Gasteiger partial charge < -0.3 is 14.8 Å². The van der Waals surface area contributed by atoms with Crippen molar-refractivity contribution in [1.82, 2.24) is 0 Å². The number of nitrogens with one attached hydrogen (secondary N) is 1. The van der Waals surface area contributed by atoms with Gasteiger partial charge in [-0.25, -0.2) is 0 Å². The van der Waals surface area contributed by atoms with E-state index >= 15 is 0 Å². The zero-order valence-corrected chi connectivity index (χ0v) is 21.4. The average Bonchev–Trinajstić information content (AvgIpc) is 3.15. The predicted octanol–water partition coefficient (Wildman–Crippen LogP) is 5.34. The van der Waals surface area contributed by atoms with Crippen LogP contribution in [0, 0.1) is 17.0 Å². The van der Waals surface area contributed by atoms with Crippen LogP contribution in [-0.2, 0) is 9.59 Å². The van der Waals surface area contributed by atoms with E-state index in [4.69, 9.17) is 21.7 Å². The maximum absolute atomic E-state index is 13.0. The summed E-state index contributed by atoms with van der Waals surface area (Å²) in [6.45, 7) is 1.73. The molecule has 0 spiro atoms. The van der Waals surface area contributed by atoms with Gasteiger partial charge in [-0.1, -0.05) is 42.2 Å². The van der Waals surface area contributed by atoms with Crippen LogP contribution < -0.4 is 19.7 Å². The summed E-state index contributed by atoms with van der Waals surface area (Å²) in [7, 11) is 1.48. The molecule has 11 heteroatoms. The first-order valence-corrected chi connectivity index (χ1v) is 12.2. The number of aryl methyl sites for hydroxylation is 1. The molecule has 0 aromatic heterocycles. The number of thiocarbonyl (C=S) groups is 1. The first-order chi connectivity index (χ1) is 17.7. The minimum atomic E-state index is -0.509. The molecule has 0 bridgehead atoms. The molecule has 0 saturated carbocycles. The fourth-order valence-electron chi connectivity index (χ4n) is 3.52. The summed E-state index contributed by atoms with van der Waals surface area (Å²) in [4.78, 5) is 37.4. The molecule has 1 aliphatic heterocycles. The summed E-state index contributed by atoms with van der Waals surface area (Å²) < 4.78 is 11.4. The molecule has 0 atom stereocenters. The summed E-state index contributed by atoms with van der Waals surface area (Å²) in [6, 6.07) is 18.1. The van der Waals surface area contributed by atoms with Gasteiger partial charge in [0.05, 0.1) is 22.6 Å². The van der Waals surface area contributed by atoms with Crippen LogP contribution in [-0.4, -0.2) is 34.8 Å². The highest BCUT2D eigenvalue weighted by atomic mass is 32.2. The smallest absolute Gasteiger partial charge is 0.270 e. The van der Waals surface area contributed by atoms with Gasteiger partial charge in [-0.15, -0.1) is 0 Å². The van der Waals surface area contributed by atoms with Crippen molar-refractivity contribution in [2.45, 2.75) is 6.92 Å². The van der Waals surface area contributed by atoms with E-state index in [2.05, 4.69) is 5.32 Å². The van der Waals surface area contributed by atoms with Crippen molar-refractivity contribution in [3.05, 3.63) is 92.9 Å². The molecule has 188 valence electrons. The quantitative estimate of drug-likeness (QED) is 0.178. The van der Waals surface area contributed by atoms with E-state index in [1.165, 1.54) is 36.3 Å². The number of amides is 2. The van der Waals surface area contributed by atoms with Crippen LogP contribution in [0.4, 0.5) is 17.1 Å². The molecule has 3 aromatic carbocycles. The standard InChI is InChI=1S/C26H21N3O6S2/c1-16-4-3-5-18(12-16)27-24(30)15-35-21-11-6-17(13-22(21)34-2)14-23-25(31)28(26(36)37-23)19-7-9-20(10-8-19)29(32)33/h3-14H,15H2,1-2H3,(H,27,30)/b23-14-. The van der Waals surface area contributed by atoms with Gasteiger partial charge in [0.2, 0.25) is 0 Å². The van der Waals surface area contributed by atoms with Crippen molar-refractivity contribution >= 4 is 63.3 Å². The second-order valence-electron chi connectivity index (χ2n) is 7.91. The minimum absolute atomic E-state index is 0.0771. The molecule has 1 saturated heterocycles. The van der Waals surface area contributed by atoms with Crippen LogP contribution >= 0.6 is 24.0 Å². The summed E-state index contributed by atoms with van der Waals surface area (Å²) in [5.74, 6) is 0.114. The zero-order chi connectivity index (χ0) is 26.5. The van der Waals surface area contributed by atoms with Crippen LogP contribution in [0.5, 0.6) is 11.5 Å². The van der Waals surface area contributed by atoms with E-state index in [1.807, 2.05) is 25.1 Å². The number of anilines is 2. The number of nitro groups is 1. The van der Waals surface area contributed by atoms with Crippen LogP contribution in [0.15, 0.2) is 71.6 Å². The Labute approximate surface area is 222 Å². The first kappa shape index (κ1) is 25.9. The molecule has 1 fully saturated rings. The van der Waals surface area contributed by atoms with Gasteiger partial charge in [-0.2, -0.15) is 0 Å². The van der Waals surface area contributed by atoms with E-state index < -0.39 is 4.92 Å². The van der Waals surface area contributed by atoms with Crippen molar-refractivity contribution < 1.29 is 24.0 Å². The van der Waals surface area contributed by atoms with Gasteiger partial charge >= 0.3 is 0 Å². The van der Waals surface area contributed by atoms with Crippen LogP contribution in [0.1, 0.15) is 11.1 Å². The lowest BCUT2D eigenvalue weighted by molar-refractivity contribution is -0.384. The molecule has 0 unspecified atom stereocenters. The molecule has 1 aliphatic rings. The molecule has 0 aliphatic carbocycles. The van der Waals surface area contributed by atoms with E-state index in [1.54, 1.807) is 30.3 Å². The van der Waals surface area contributed by atoms with Gasteiger partial charge in [0.15, 0.2) is 22.4 Å². The normalized spacial score (nSPS) is 14.1. The lowest BCUT2D eigenvalue weighted by atomic mass is 10.1. The van der Waals surface area contributed by atoms with Gasteiger partial charge in [0.25, 0.3) is 17.5 Å². The number of hydrogen-bond donors (Lipinski definition) is 1. The Bertz CT molecular complexity index is 1420. The predicted molar refractivity (Wildman–Crippen MR) is 147 cm³/mol. The van der Waals surface area contributed by atoms with E-state index in [0.29, 0.717) is 37.7 Å². The second kappa shape index (κ2) is 11.2. The number of benzene rings is 3. The van der Waals surface area contributed by atoms with E-state index in [0.717, 1.165) is 17.3 Å². The number of thioether (sulfide) groups is 1. The highest BCUT2D eigenvalue weighted by Crippen LogP contribution is 2.37. The molecule has 37 heavy (non-hydrogen) atoms. The third-order valence-corrected chi connectivity index (χ3v) is 6.56. The molecular weight excluding hydrogens is 514 g/mol. The number of rotatable bonds is 8. The lowest BCUT2D eigenvalue weighted by Crippen LogP contribution is -2.27. The number of nitro benzene ring substituents is 1. The fourth-order valence-corrected chi connectivity index (χ4v) is 4.82. The molecule has 2 amide bonds. The number of ether oxygens (including phenoxy) is 2. The summed E-state index contributed by atoms with van der Waals surface area (Å²) in [5.41, 5.74) is 2.74. The SMILES string of the molecule is COc1cc(/C=C2\SC(=S)N(c3ccc([N+](=O)[O-])cc3)C2=O)ccc1OCC(=O)Nc1cccc(C)c1. The monoisotopic (exact) mass is 535 g/mol. The van der Waals surface area contributed by atoms with E-state index in [-0.39, 0.29) is 24.1 Å². The van der Waals surface area contributed by atoms with Gasteiger partial charge in [-0.05, 0) is 60.5 Å². The van der Waals surface area contributed by atoms with Gasteiger partial charge in [0.1, 0.15) is 0 Å². The fraction of sp³-hybridized carbons (Fsp3) is 0.115. The Morgan fingerprint density at radius 2 is 1.89 bits per heavy atom. The maximum Gasteiger partial charge on any atom is 0.270 e. The topological polar surface area (TPSA) is 111 Å². The Morgan fingerprint density at radius 3 is 2.57 bits per heavy atom. The summed E-state index contributed by atoms with van der Waals surface area (Å²) in [6.07, 6.45) is 1.67. The molecule has 1 N–H and O–H groups in total. The maximum atomic E-state index is 13.0. The highest BCUT2D eigenvalue weighted by Gasteiger charge is 2.33. The highest BCUT2D eigenvalue weighted by molar-refractivity contribution is 8.27. The minimum Gasteiger partial charge on any atom is -0.493 e. The Kier molecular flexibility index (Phi) is 7.85. The van der Waals surface area contributed by atoms with Crippen LogP contribution in [0.2, 0.25) is 0 Å². The van der Waals surface area contributed by atoms with Crippen molar-refractivity contribution in [3.8, 4) is 11.5 Å². The van der Waals surface area contributed by atoms with Crippen molar-refractivity contribution in [2.24, 2.45) is 0 Å². The number of hydrogen-bond acceptors (Lipinski definition) is 8. The Balaban J connectivity index is 1.45. The van der Waals surface area contributed by atoms with Crippen molar-refractivity contribution in [3.63, 3.8) is 0 Å². The third-order valence-electron chi connectivity index (χ3n) is 5.26. The summed E-state index contributed by atoms with van der Waals surface area (Å²) >= 11 is 6.50. The van der Waals surface area contributed by atoms with Crippen LogP contribution in [0.25, 0.3) is 6.08 Å². The Hall–Kier alpha value is -4.22. The number of carbonyl (C=O) groups excluding carboxylic acids is 2. The lowest BCUT2D eigenvalue weighted by Gasteiger charge is -2.14. The number of non-ortho nitro benzene ring substituents is 1. The van der Waals surface area contributed by atoms with Crippen LogP contribution in [0.3, 0.4) is 0 Å². The molecule has 4 rings (SSSR count). The van der Waals surface area contributed by atoms with Crippen molar-refractivity contribution in [1.29, 1.82) is 0 Å². The summed E-state index contributed by atoms with van der Waals surface area (Å²) in [5, 5.41) is 13.7. The molecule has 9 nitrogen and oxygen atoms in total. The molecule has 3 aromatic rings. The largest absolute Gasteiger partial charge is 0.493 e. The average molecular weight is 536 g/mol. The first-order valence-electron chi connectivity index (χ1n) is 10.9. The van der Waals surface area contributed by atoms with Gasteiger partial charge in [0, 0.05) is 17.8 Å². The molecule has 0 radical (unpaired) electrons. The zero-order valence-electron chi connectivity index (χ0n) is 19.8. The molecule has 1 heterocycles. The van der Waals surface area contributed by atoms with Crippen molar-refractivity contribution in [2.75, 3.05) is 23.9 Å². The number of nitrogens with zero attached hydrogens (tertiary/aromatic N) is 2. The third kappa shape index (κ3) is 6.13.